The molecule has 4 heteroatoms. The molecular weight excluding hydrogens is 675 g/mol. The fourth-order valence-electron chi connectivity index (χ4n) is 7.99. The molecule has 0 heterocycles. The first-order valence-corrected chi connectivity index (χ1v) is 25.2. The summed E-state index contributed by atoms with van der Waals surface area (Å²) < 4.78 is 0. The van der Waals surface area contributed by atoms with Crippen LogP contribution in [0.2, 0.25) is 0 Å². The summed E-state index contributed by atoms with van der Waals surface area (Å²) in [6, 6.07) is -0.0799. The van der Waals surface area contributed by atoms with E-state index in [1.807, 2.05) is 0 Å². The van der Waals surface area contributed by atoms with Crippen molar-refractivity contribution in [1.29, 1.82) is 0 Å². The van der Waals surface area contributed by atoms with Gasteiger partial charge in [0.05, 0.1) is 12.6 Å². The van der Waals surface area contributed by atoms with E-state index in [4.69, 9.17) is 0 Å². The van der Waals surface area contributed by atoms with Crippen LogP contribution in [0.3, 0.4) is 0 Å². The third-order valence-corrected chi connectivity index (χ3v) is 11.8. The monoisotopic (exact) mass is 774 g/mol. The van der Waals surface area contributed by atoms with Gasteiger partial charge in [-0.2, -0.15) is 0 Å². The molecule has 1 atom stereocenters. The SMILES string of the molecule is CCCCCCCC/C=C\CCCCCCCCCCCC(=O)CCCCCCCCCCC(=O)NC(CO)CCCCCCCCCCCCCCCC. The van der Waals surface area contributed by atoms with E-state index in [0.717, 1.165) is 51.4 Å². The Labute approximate surface area is 345 Å². The molecule has 0 aromatic carbocycles. The van der Waals surface area contributed by atoms with Gasteiger partial charge in [-0.05, 0) is 51.4 Å². The largest absolute Gasteiger partial charge is 0.394 e. The first kappa shape index (κ1) is 53.8. The van der Waals surface area contributed by atoms with Gasteiger partial charge in [-0.1, -0.05) is 231 Å². The van der Waals surface area contributed by atoms with E-state index in [2.05, 4.69) is 31.3 Å². The third kappa shape index (κ3) is 45.4. The topological polar surface area (TPSA) is 66.4 Å². The number of hydrogen-bond acceptors (Lipinski definition) is 3. The first-order chi connectivity index (χ1) is 27.1. The van der Waals surface area contributed by atoms with Gasteiger partial charge in [-0.3, -0.25) is 9.59 Å². The van der Waals surface area contributed by atoms with Gasteiger partial charge in [0.1, 0.15) is 5.78 Å². The second kappa shape index (κ2) is 47.2. The summed E-state index contributed by atoms with van der Waals surface area (Å²) in [4.78, 5) is 24.7. The molecule has 0 fully saturated rings. The van der Waals surface area contributed by atoms with Gasteiger partial charge in [0.15, 0.2) is 0 Å². The Morgan fingerprint density at radius 1 is 0.400 bits per heavy atom. The van der Waals surface area contributed by atoms with Gasteiger partial charge in [0, 0.05) is 19.3 Å². The number of carbonyl (C=O) groups excluding carboxylic acids is 2. The average molecular weight is 774 g/mol. The van der Waals surface area contributed by atoms with Crippen LogP contribution in [0.4, 0.5) is 0 Å². The van der Waals surface area contributed by atoms with Gasteiger partial charge < -0.3 is 10.4 Å². The molecule has 0 aliphatic rings. The molecule has 0 aromatic rings. The summed E-state index contributed by atoms with van der Waals surface area (Å²) in [5, 5.41) is 12.8. The van der Waals surface area contributed by atoms with Gasteiger partial charge in [0.25, 0.3) is 0 Å². The number of allylic oxidation sites excluding steroid dienone is 2. The summed E-state index contributed by atoms with van der Waals surface area (Å²) in [5.41, 5.74) is 0. The number of hydrogen-bond donors (Lipinski definition) is 2. The number of nitrogens with one attached hydrogen (secondary N) is 1. The lowest BCUT2D eigenvalue weighted by molar-refractivity contribution is -0.122. The Balaban J connectivity index is 3.40. The Hall–Kier alpha value is -1.16. The second-order valence-electron chi connectivity index (χ2n) is 17.4. The van der Waals surface area contributed by atoms with E-state index in [1.165, 1.54) is 218 Å². The van der Waals surface area contributed by atoms with E-state index >= 15 is 0 Å². The van der Waals surface area contributed by atoms with E-state index < -0.39 is 0 Å². The normalized spacial score (nSPS) is 12.2. The van der Waals surface area contributed by atoms with Crippen LogP contribution in [0.5, 0.6) is 0 Å². The van der Waals surface area contributed by atoms with Crippen LogP contribution < -0.4 is 5.32 Å². The van der Waals surface area contributed by atoms with E-state index in [1.54, 1.807) is 0 Å². The zero-order chi connectivity index (χ0) is 40.0. The molecule has 1 amide bonds. The highest BCUT2D eigenvalue weighted by molar-refractivity contribution is 5.78. The maximum Gasteiger partial charge on any atom is 0.220 e. The molecule has 0 saturated carbocycles. The fraction of sp³-hybridized carbons (Fsp3) is 0.922. The molecule has 0 aliphatic heterocycles. The third-order valence-electron chi connectivity index (χ3n) is 11.8. The number of carbonyl (C=O) groups is 2. The highest BCUT2D eigenvalue weighted by Gasteiger charge is 2.11. The molecule has 326 valence electrons. The minimum absolute atomic E-state index is 0.0497. The van der Waals surface area contributed by atoms with Crippen molar-refractivity contribution in [1.82, 2.24) is 5.32 Å². The van der Waals surface area contributed by atoms with Crippen LogP contribution in [0.15, 0.2) is 12.2 Å². The highest BCUT2D eigenvalue weighted by atomic mass is 16.3. The quantitative estimate of drug-likeness (QED) is 0.0478. The predicted octanol–water partition coefficient (Wildman–Crippen LogP) is 16.4. The lowest BCUT2D eigenvalue weighted by Crippen LogP contribution is -2.37. The maximum absolute atomic E-state index is 12.4. The maximum atomic E-state index is 12.4. The van der Waals surface area contributed by atoms with Crippen molar-refractivity contribution in [2.75, 3.05) is 6.61 Å². The summed E-state index contributed by atoms with van der Waals surface area (Å²) in [6.07, 6.45) is 58.6. The van der Waals surface area contributed by atoms with Crippen molar-refractivity contribution < 1.29 is 14.7 Å². The molecule has 0 aliphatic carbocycles. The van der Waals surface area contributed by atoms with Crippen molar-refractivity contribution in [3.8, 4) is 0 Å². The van der Waals surface area contributed by atoms with Crippen LogP contribution in [-0.2, 0) is 9.59 Å². The Morgan fingerprint density at radius 2 is 0.691 bits per heavy atom. The van der Waals surface area contributed by atoms with Crippen molar-refractivity contribution >= 4 is 11.7 Å². The average Bonchev–Trinajstić information content (AvgIpc) is 3.19. The molecule has 2 N–H and O–H groups in total. The zero-order valence-corrected chi connectivity index (χ0v) is 37.6. The van der Waals surface area contributed by atoms with Gasteiger partial charge in [-0.15, -0.1) is 0 Å². The van der Waals surface area contributed by atoms with E-state index in [-0.39, 0.29) is 18.6 Å². The molecule has 0 aromatic heterocycles. The summed E-state index contributed by atoms with van der Waals surface area (Å²) in [6.45, 7) is 4.62. The Bertz CT molecular complexity index is 795. The summed E-state index contributed by atoms with van der Waals surface area (Å²) in [7, 11) is 0. The van der Waals surface area contributed by atoms with Crippen molar-refractivity contribution in [3.05, 3.63) is 12.2 Å². The van der Waals surface area contributed by atoms with Crippen LogP contribution in [0.25, 0.3) is 0 Å². The lowest BCUT2D eigenvalue weighted by atomic mass is 10.0. The molecule has 1 unspecified atom stereocenters. The molecular formula is C51H99NO3. The van der Waals surface area contributed by atoms with Gasteiger partial charge in [-0.25, -0.2) is 0 Å². The number of ketones is 1. The number of rotatable bonds is 47. The standard InChI is InChI=1S/C51H99NO3/c1-3-5-7-9-11-13-15-17-19-20-21-22-23-25-27-29-33-37-41-45-50(54)46-42-38-34-30-31-35-39-43-47-51(55)52-49(48-53)44-40-36-32-28-26-24-18-16-14-12-10-8-6-4-2/h17,19,49,53H,3-16,18,20-48H2,1-2H3,(H,52,55)/b19-17-. The van der Waals surface area contributed by atoms with Crippen LogP contribution >= 0.6 is 0 Å². The van der Waals surface area contributed by atoms with Crippen LogP contribution in [-0.4, -0.2) is 29.4 Å². The lowest BCUT2D eigenvalue weighted by Gasteiger charge is -2.16. The Kier molecular flexibility index (Phi) is 46.2. The van der Waals surface area contributed by atoms with Crippen molar-refractivity contribution in [2.24, 2.45) is 0 Å². The molecule has 0 rings (SSSR count). The number of aliphatic hydroxyl groups excluding tert-OH is 1. The smallest absolute Gasteiger partial charge is 0.220 e. The number of Topliss-reactive ketones (excluding diaryl/α,β-unsaturated/α-hetero) is 1. The molecule has 0 radical (unpaired) electrons. The van der Waals surface area contributed by atoms with Crippen molar-refractivity contribution in [3.63, 3.8) is 0 Å². The van der Waals surface area contributed by atoms with Crippen molar-refractivity contribution in [2.45, 2.75) is 296 Å². The summed E-state index contributed by atoms with van der Waals surface area (Å²) in [5.74, 6) is 0.579. The second-order valence-corrected chi connectivity index (χ2v) is 17.4. The zero-order valence-electron chi connectivity index (χ0n) is 37.6. The molecule has 0 spiro atoms. The minimum Gasteiger partial charge on any atom is -0.394 e. The number of aliphatic hydroxyl groups is 1. The highest BCUT2D eigenvalue weighted by Crippen LogP contribution is 2.16. The fourth-order valence-corrected chi connectivity index (χ4v) is 7.99. The van der Waals surface area contributed by atoms with Gasteiger partial charge >= 0.3 is 0 Å². The number of amides is 1. The molecule has 4 nitrogen and oxygen atoms in total. The van der Waals surface area contributed by atoms with Crippen LogP contribution in [0, 0.1) is 0 Å². The molecule has 55 heavy (non-hydrogen) atoms. The van der Waals surface area contributed by atoms with Crippen LogP contribution in [0.1, 0.15) is 290 Å². The predicted molar refractivity (Wildman–Crippen MR) is 243 cm³/mol. The summed E-state index contributed by atoms with van der Waals surface area (Å²) >= 11 is 0. The van der Waals surface area contributed by atoms with E-state index in [9.17, 15) is 14.7 Å². The molecule has 0 bridgehead atoms. The minimum atomic E-state index is -0.0799. The van der Waals surface area contributed by atoms with Gasteiger partial charge in [0.2, 0.25) is 5.91 Å². The Morgan fingerprint density at radius 3 is 1.04 bits per heavy atom. The first-order valence-electron chi connectivity index (χ1n) is 25.2. The van der Waals surface area contributed by atoms with E-state index in [0.29, 0.717) is 12.2 Å². The molecule has 0 saturated heterocycles. The number of unbranched alkanes of at least 4 members (excludes halogenated alkanes) is 35.